The van der Waals surface area contributed by atoms with Crippen LogP contribution in [-0.2, 0) is 4.74 Å². The van der Waals surface area contributed by atoms with Gasteiger partial charge >= 0.3 is 0 Å². The first-order valence-corrected chi connectivity index (χ1v) is 4.89. The zero-order valence-corrected chi connectivity index (χ0v) is 8.16. The van der Waals surface area contributed by atoms with Crippen LogP contribution in [0.3, 0.4) is 0 Å². The lowest BCUT2D eigenvalue weighted by Crippen LogP contribution is -2.26. The van der Waals surface area contributed by atoms with Gasteiger partial charge in [-0.3, -0.25) is 0 Å². The highest BCUT2D eigenvalue weighted by atomic mass is 19.1. The molecule has 0 radical (unpaired) electrons. The molecule has 1 fully saturated rings. The third kappa shape index (κ3) is 2.04. The van der Waals surface area contributed by atoms with Crippen molar-refractivity contribution in [1.82, 2.24) is 0 Å². The van der Waals surface area contributed by atoms with Crippen molar-refractivity contribution >= 4 is 5.69 Å². The molecule has 0 bridgehead atoms. The molecule has 2 rings (SSSR count). The number of hydrogen-bond donors (Lipinski definition) is 1. The Balaban J connectivity index is 2.03. The lowest BCUT2D eigenvalue weighted by atomic mass is 10.1. The molecule has 1 heterocycles. The van der Waals surface area contributed by atoms with Crippen LogP contribution in [0.15, 0.2) is 24.3 Å². The van der Waals surface area contributed by atoms with Crippen LogP contribution in [0, 0.1) is 5.82 Å². The molecule has 1 aromatic rings. The summed E-state index contributed by atoms with van der Waals surface area (Å²) < 4.78 is 18.3. The molecule has 0 unspecified atom stereocenters. The maximum atomic E-state index is 12.9. The predicted octanol–water partition coefficient (Wildman–Crippen LogP) is 2.42. The summed E-state index contributed by atoms with van der Waals surface area (Å²) in [6.07, 6.45) is 1.19. The maximum Gasteiger partial charge on any atom is 0.125 e. The zero-order valence-electron chi connectivity index (χ0n) is 8.16. The third-order valence-corrected chi connectivity index (χ3v) is 2.55. The summed E-state index contributed by atoms with van der Waals surface area (Å²) in [7, 11) is 0. The molecule has 3 heteroatoms. The summed E-state index contributed by atoms with van der Waals surface area (Å²) in [5.74, 6) is -0.207. The van der Waals surface area contributed by atoms with Crippen LogP contribution in [0.4, 0.5) is 10.1 Å². The SMILES string of the molecule is C[C@@H]1OCC[C@@H]1Nc1cccc(F)c1. The van der Waals surface area contributed by atoms with E-state index >= 15 is 0 Å². The van der Waals surface area contributed by atoms with E-state index in [1.165, 1.54) is 12.1 Å². The number of ether oxygens (including phenoxy) is 1. The van der Waals surface area contributed by atoms with Gasteiger partial charge in [0, 0.05) is 12.3 Å². The topological polar surface area (TPSA) is 21.3 Å². The molecule has 2 nitrogen and oxygen atoms in total. The van der Waals surface area contributed by atoms with Crippen molar-refractivity contribution in [3.63, 3.8) is 0 Å². The van der Waals surface area contributed by atoms with Gasteiger partial charge in [0.1, 0.15) is 5.82 Å². The molecule has 1 aliphatic rings. The fourth-order valence-corrected chi connectivity index (χ4v) is 1.71. The first kappa shape index (κ1) is 9.46. The molecular weight excluding hydrogens is 181 g/mol. The Morgan fingerprint density at radius 3 is 3.00 bits per heavy atom. The van der Waals surface area contributed by atoms with Crippen LogP contribution >= 0.6 is 0 Å². The molecule has 1 aliphatic heterocycles. The summed E-state index contributed by atoms with van der Waals surface area (Å²) in [6.45, 7) is 2.82. The molecule has 14 heavy (non-hydrogen) atoms. The van der Waals surface area contributed by atoms with Crippen molar-refractivity contribution in [3.05, 3.63) is 30.1 Å². The zero-order chi connectivity index (χ0) is 9.97. The maximum absolute atomic E-state index is 12.9. The minimum Gasteiger partial charge on any atom is -0.380 e. The van der Waals surface area contributed by atoms with Crippen molar-refractivity contribution in [2.24, 2.45) is 0 Å². The van der Waals surface area contributed by atoms with Gasteiger partial charge in [-0.25, -0.2) is 4.39 Å². The quantitative estimate of drug-likeness (QED) is 0.782. The summed E-state index contributed by atoms with van der Waals surface area (Å²) >= 11 is 0. The molecule has 0 aliphatic carbocycles. The Morgan fingerprint density at radius 1 is 1.50 bits per heavy atom. The smallest absolute Gasteiger partial charge is 0.125 e. The van der Waals surface area contributed by atoms with Crippen LogP contribution in [0.5, 0.6) is 0 Å². The van der Waals surface area contributed by atoms with Gasteiger partial charge in [-0.05, 0) is 31.5 Å². The Labute approximate surface area is 83.1 Å². The van der Waals surface area contributed by atoms with Crippen molar-refractivity contribution in [1.29, 1.82) is 0 Å². The van der Waals surface area contributed by atoms with E-state index in [2.05, 4.69) is 5.32 Å². The van der Waals surface area contributed by atoms with E-state index in [1.54, 1.807) is 6.07 Å². The van der Waals surface area contributed by atoms with Crippen molar-refractivity contribution in [2.75, 3.05) is 11.9 Å². The van der Waals surface area contributed by atoms with Crippen LogP contribution in [0.25, 0.3) is 0 Å². The minimum absolute atomic E-state index is 0.207. The van der Waals surface area contributed by atoms with Crippen LogP contribution < -0.4 is 5.32 Å². The van der Waals surface area contributed by atoms with Crippen LogP contribution in [-0.4, -0.2) is 18.8 Å². The molecule has 0 amide bonds. The predicted molar refractivity (Wildman–Crippen MR) is 53.8 cm³/mol. The molecule has 76 valence electrons. The number of nitrogens with one attached hydrogen (secondary N) is 1. The van der Waals surface area contributed by atoms with Crippen molar-refractivity contribution in [3.8, 4) is 0 Å². The number of hydrogen-bond acceptors (Lipinski definition) is 2. The van der Waals surface area contributed by atoms with Gasteiger partial charge in [0.15, 0.2) is 0 Å². The van der Waals surface area contributed by atoms with Gasteiger partial charge in [-0.15, -0.1) is 0 Å². The van der Waals surface area contributed by atoms with Gasteiger partial charge in [0.25, 0.3) is 0 Å². The number of anilines is 1. The van der Waals surface area contributed by atoms with E-state index in [1.807, 2.05) is 13.0 Å². The van der Waals surface area contributed by atoms with Gasteiger partial charge < -0.3 is 10.1 Å². The second kappa shape index (κ2) is 3.96. The standard InChI is InChI=1S/C11H14FNO/c1-8-11(5-6-14-8)13-10-4-2-3-9(12)7-10/h2-4,7-8,11,13H,5-6H2,1H3/t8-,11-/m0/s1. The molecule has 0 saturated carbocycles. The third-order valence-electron chi connectivity index (χ3n) is 2.55. The van der Waals surface area contributed by atoms with Crippen LogP contribution in [0.2, 0.25) is 0 Å². The monoisotopic (exact) mass is 195 g/mol. The fourth-order valence-electron chi connectivity index (χ4n) is 1.71. The van der Waals surface area contributed by atoms with E-state index in [0.29, 0.717) is 6.04 Å². The van der Waals surface area contributed by atoms with E-state index in [-0.39, 0.29) is 11.9 Å². The average molecular weight is 195 g/mol. The Kier molecular flexibility index (Phi) is 2.68. The number of rotatable bonds is 2. The highest BCUT2D eigenvalue weighted by Gasteiger charge is 2.23. The van der Waals surface area contributed by atoms with Crippen molar-refractivity contribution < 1.29 is 9.13 Å². The molecule has 1 aromatic carbocycles. The van der Waals surface area contributed by atoms with Crippen LogP contribution in [0.1, 0.15) is 13.3 Å². The molecule has 2 atom stereocenters. The largest absolute Gasteiger partial charge is 0.380 e. The molecule has 1 N–H and O–H groups in total. The van der Waals surface area contributed by atoms with E-state index in [4.69, 9.17) is 4.74 Å². The second-order valence-electron chi connectivity index (χ2n) is 3.63. The van der Waals surface area contributed by atoms with Gasteiger partial charge in [0.05, 0.1) is 12.1 Å². The Morgan fingerprint density at radius 2 is 2.36 bits per heavy atom. The van der Waals surface area contributed by atoms with Gasteiger partial charge in [0.2, 0.25) is 0 Å². The first-order chi connectivity index (χ1) is 6.75. The highest BCUT2D eigenvalue weighted by Crippen LogP contribution is 2.19. The number of benzene rings is 1. The Bertz CT molecular complexity index is 316. The normalized spacial score (nSPS) is 26.4. The summed E-state index contributed by atoms with van der Waals surface area (Å²) in [6, 6.07) is 6.83. The average Bonchev–Trinajstić information content (AvgIpc) is 2.52. The summed E-state index contributed by atoms with van der Waals surface area (Å²) in [5.41, 5.74) is 0.826. The van der Waals surface area contributed by atoms with Gasteiger partial charge in [-0.1, -0.05) is 6.07 Å². The Hall–Kier alpha value is -1.09. The highest BCUT2D eigenvalue weighted by molar-refractivity contribution is 5.44. The fraction of sp³-hybridized carbons (Fsp3) is 0.455. The van der Waals surface area contributed by atoms with E-state index in [0.717, 1.165) is 18.7 Å². The molecule has 1 saturated heterocycles. The van der Waals surface area contributed by atoms with E-state index in [9.17, 15) is 4.39 Å². The summed E-state index contributed by atoms with van der Waals surface area (Å²) in [4.78, 5) is 0. The number of halogens is 1. The second-order valence-corrected chi connectivity index (χ2v) is 3.63. The van der Waals surface area contributed by atoms with E-state index < -0.39 is 0 Å². The van der Waals surface area contributed by atoms with Crippen molar-refractivity contribution in [2.45, 2.75) is 25.5 Å². The lowest BCUT2D eigenvalue weighted by Gasteiger charge is -2.17. The molecular formula is C11H14FNO. The minimum atomic E-state index is -0.207. The molecule has 0 aromatic heterocycles. The molecule has 0 spiro atoms. The summed E-state index contributed by atoms with van der Waals surface area (Å²) in [5, 5.41) is 3.27. The van der Waals surface area contributed by atoms with Gasteiger partial charge in [-0.2, -0.15) is 0 Å². The first-order valence-electron chi connectivity index (χ1n) is 4.89. The lowest BCUT2D eigenvalue weighted by molar-refractivity contribution is 0.121.